The number of carbonyl (C=O) groups excluding carboxylic acids is 1. The van der Waals surface area contributed by atoms with E-state index in [0.29, 0.717) is 43.9 Å². The van der Waals surface area contributed by atoms with Crippen molar-refractivity contribution in [2.75, 3.05) is 32.8 Å². The number of terminal acetylenes is 1. The van der Waals surface area contributed by atoms with Gasteiger partial charge in [0.2, 0.25) is 0 Å². The largest absolute Gasteiger partial charge is 0.448 e. The van der Waals surface area contributed by atoms with Gasteiger partial charge in [-0.25, -0.2) is 4.79 Å². The highest BCUT2D eigenvalue weighted by Crippen LogP contribution is 2.44. The number of carbonyl (C=O) groups is 1. The molecule has 5 rings (SSSR count). The van der Waals surface area contributed by atoms with Gasteiger partial charge in [0.05, 0.1) is 0 Å². The summed E-state index contributed by atoms with van der Waals surface area (Å²) in [5.41, 5.74) is 5.89. The quantitative estimate of drug-likeness (QED) is 0.362. The van der Waals surface area contributed by atoms with Crippen LogP contribution in [-0.4, -0.2) is 57.1 Å². The molecule has 8 heteroatoms. The van der Waals surface area contributed by atoms with Crippen LogP contribution in [0.2, 0.25) is 0 Å². The van der Waals surface area contributed by atoms with Crippen molar-refractivity contribution in [1.82, 2.24) is 9.80 Å². The fourth-order valence-corrected chi connectivity index (χ4v) is 6.04. The Hall–Kier alpha value is -3.67. The lowest BCUT2D eigenvalue weighted by Crippen LogP contribution is -2.48. The highest BCUT2D eigenvalue weighted by Gasteiger charge is 2.30. The minimum Gasteiger partial charge on any atom is -0.448 e. The normalized spacial score (nSPS) is 15.6. The second-order valence-corrected chi connectivity index (χ2v) is 10.7. The van der Waals surface area contributed by atoms with E-state index in [1.54, 1.807) is 11.0 Å². The molecule has 0 aromatic heterocycles. The summed E-state index contributed by atoms with van der Waals surface area (Å²) in [6.45, 7) is 4.25. The first-order valence-corrected chi connectivity index (χ1v) is 13.5. The van der Waals surface area contributed by atoms with E-state index in [2.05, 4.69) is 35.1 Å². The summed E-state index contributed by atoms with van der Waals surface area (Å²) in [6, 6.07) is 19.5. The number of hydrogen-bond donors (Lipinski definition) is 0. The van der Waals surface area contributed by atoms with Crippen molar-refractivity contribution in [1.29, 1.82) is 0 Å². The van der Waals surface area contributed by atoms with Crippen LogP contribution in [0.4, 0.5) is 8.68 Å². The highest BCUT2D eigenvalue weighted by atomic mass is 32.3. The Labute approximate surface area is 216 Å². The molecule has 3 aromatic carbocycles. The number of piperazine rings is 1. The summed E-state index contributed by atoms with van der Waals surface area (Å²) in [5, 5.41) is 0. The molecule has 1 heterocycles. The first-order chi connectivity index (χ1) is 17.8. The zero-order valence-electron chi connectivity index (χ0n) is 20.5. The van der Waals surface area contributed by atoms with Crippen LogP contribution in [0.5, 0.6) is 0 Å². The predicted octanol–water partition coefficient (Wildman–Crippen LogP) is 4.70. The maximum atomic E-state index is 13.8. The molecule has 2 aliphatic rings. The molecule has 0 N–H and O–H groups in total. The van der Waals surface area contributed by atoms with Crippen molar-refractivity contribution < 1.29 is 21.8 Å². The summed E-state index contributed by atoms with van der Waals surface area (Å²) >= 11 is 0. The number of amides is 1. The van der Waals surface area contributed by atoms with Gasteiger partial charge in [-0.2, -0.15) is 8.42 Å². The number of benzene rings is 3. The van der Waals surface area contributed by atoms with Gasteiger partial charge in [0.1, 0.15) is 11.5 Å². The lowest BCUT2D eigenvalue weighted by Gasteiger charge is -2.34. The maximum Gasteiger partial charge on any atom is 0.409 e. The van der Waals surface area contributed by atoms with Crippen molar-refractivity contribution in [3.8, 4) is 23.5 Å². The van der Waals surface area contributed by atoms with Gasteiger partial charge < -0.3 is 9.64 Å². The molecule has 1 fully saturated rings. The molecule has 1 aliphatic carbocycles. The molecule has 0 bridgehead atoms. The minimum absolute atomic E-state index is 0.00510. The number of halogens is 1. The Kier molecular flexibility index (Phi) is 6.76. The van der Waals surface area contributed by atoms with Crippen molar-refractivity contribution in [2.45, 2.75) is 24.3 Å². The lowest BCUT2D eigenvalue weighted by atomic mass is 9.98. The van der Waals surface area contributed by atoms with Crippen molar-refractivity contribution in [2.24, 2.45) is 0 Å². The van der Waals surface area contributed by atoms with Crippen LogP contribution in [0.15, 0.2) is 65.6 Å². The van der Waals surface area contributed by atoms with E-state index >= 15 is 0 Å². The van der Waals surface area contributed by atoms with Gasteiger partial charge in [0.15, 0.2) is 0 Å². The van der Waals surface area contributed by atoms with E-state index in [-0.39, 0.29) is 24.2 Å². The number of ether oxygens (including phenoxy) is 1. The number of rotatable bonds is 5. The Balaban J connectivity index is 1.20. The van der Waals surface area contributed by atoms with Gasteiger partial charge in [-0.3, -0.25) is 4.90 Å². The Morgan fingerprint density at radius 2 is 1.62 bits per heavy atom. The Bertz CT molecular complexity index is 1460. The second kappa shape index (κ2) is 10.0. The smallest absolute Gasteiger partial charge is 0.409 e. The molecule has 6 nitrogen and oxygen atoms in total. The van der Waals surface area contributed by atoms with Crippen LogP contribution in [0.3, 0.4) is 0 Å². The van der Waals surface area contributed by atoms with Crippen LogP contribution in [-0.2, 0) is 21.5 Å². The van der Waals surface area contributed by atoms with E-state index in [1.165, 1.54) is 35.2 Å². The average Bonchev–Trinajstić information content (AvgIpc) is 3.21. The molecule has 3 aromatic rings. The zero-order valence-corrected chi connectivity index (χ0v) is 21.3. The third kappa shape index (κ3) is 4.97. The molecular weight excluding hydrogens is 491 g/mol. The van der Waals surface area contributed by atoms with Crippen molar-refractivity contribution in [3.05, 3.63) is 88.5 Å². The number of nitrogens with zero attached hydrogens (tertiary/aromatic N) is 2. The molecular formula is C29H27FN2O4S. The Morgan fingerprint density at radius 1 is 1.03 bits per heavy atom. The molecule has 1 saturated heterocycles. The molecule has 1 amide bonds. The number of fused-ring (bicyclic) bond motifs is 3. The van der Waals surface area contributed by atoms with Crippen LogP contribution in [0.25, 0.3) is 11.1 Å². The zero-order chi connectivity index (χ0) is 26.2. The summed E-state index contributed by atoms with van der Waals surface area (Å²) in [7, 11) is -4.88. The van der Waals surface area contributed by atoms with Crippen molar-refractivity contribution in [3.63, 3.8) is 0 Å². The second-order valence-electron chi connectivity index (χ2n) is 9.42. The lowest BCUT2D eigenvalue weighted by molar-refractivity contribution is 0.0728. The summed E-state index contributed by atoms with van der Waals surface area (Å²) in [4.78, 5) is 16.2. The molecule has 0 spiro atoms. The molecule has 0 unspecified atom stereocenters. The molecule has 0 atom stereocenters. The molecule has 1 aliphatic heterocycles. The van der Waals surface area contributed by atoms with E-state index in [0.717, 1.165) is 0 Å². The molecule has 190 valence electrons. The van der Waals surface area contributed by atoms with Crippen molar-refractivity contribution >= 4 is 16.3 Å². The third-order valence-corrected chi connectivity index (χ3v) is 8.16. The summed E-state index contributed by atoms with van der Waals surface area (Å²) in [5.74, 6) is 2.44. The standard InChI is InChI=1S/C29H27FN2O4S/c1-3-22-16-21(17-28(20(22)2)37(30,34)35)18-31-12-14-32(15-13-31)29(33)36-19-27-25-10-6-4-8-23(25)24-9-5-7-11-26(24)27/h1,4-11,16-17,27H,12-15,18-19H2,2H3. The molecule has 0 radical (unpaired) electrons. The van der Waals surface area contributed by atoms with E-state index in [1.807, 2.05) is 24.3 Å². The van der Waals surface area contributed by atoms with Gasteiger partial charge in [-0.05, 0) is 52.4 Å². The molecule has 0 saturated carbocycles. The van der Waals surface area contributed by atoms with Gasteiger partial charge in [0, 0.05) is 44.2 Å². The topological polar surface area (TPSA) is 66.9 Å². The van der Waals surface area contributed by atoms with E-state index < -0.39 is 15.1 Å². The highest BCUT2D eigenvalue weighted by molar-refractivity contribution is 7.86. The van der Waals surface area contributed by atoms with Crippen LogP contribution in [0, 0.1) is 19.3 Å². The SMILES string of the molecule is C#Cc1cc(CN2CCN(C(=O)OCC3c4ccccc4-c4ccccc43)CC2)cc(S(=O)(=O)F)c1C. The van der Waals surface area contributed by atoms with Gasteiger partial charge >= 0.3 is 16.3 Å². The maximum absolute atomic E-state index is 13.8. The fourth-order valence-electron chi connectivity index (χ4n) is 5.27. The van der Waals surface area contributed by atoms with E-state index in [9.17, 15) is 17.1 Å². The fraction of sp³-hybridized carbons (Fsp3) is 0.276. The van der Waals surface area contributed by atoms with Crippen LogP contribution in [0.1, 0.15) is 33.7 Å². The van der Waals surface area contributed by atoms with Crippen LogP contribution < -0.4 is 0 Å². The average molecular weight is 519 g/mol. The molecule has 37 heavy (non-hydrogen) atoms. The Morgan fingerprint density at radius 3 is 2.19 bits per heavy atom. The van der Waals surface area contributed by atoms with Gasteiger partial charge in [-0.1, -0.05) is 54.5 Å². The van der Waals surface area contributed by atoms with Gasteiger partial charge in [0.25, 0.3) is 0 Å². The first kappa shape index (κ1) is 25.0. The minimum atomic E-state index is -4.88. The van der Waals surface area contributed by atoms with Crippen LogP contribution >= 0.6 is 0 Å². The predicted molar refractivity (Wildman–Crippen MR) is 139 cm³/mol. The summed E-state index contributed by atoms with van der Waals surface area (Å²) < 4.78 is 42.7. The summed E-state index contributed by atoms with van der Waals surface area (Å²) in [6.07, 6.45) is 5.15. The monoisotopic (exact) mass is 518 g/mol. The first-order valence-electron chi connectivity index (χ1n) is 12.1. The number of hydrogen-bond acceptors (Lipinski definition) is 5. The van der Waals surface area contributed by atoms with Gasteiger partial charge in [-0.15, -0.1) is 10.3 Å². The third-order valence-electron chi connectivity index (χ3n) is 7.21. The van der Waals surface area contributed by atoms with E-state index in [4.69, 9.17) is 11.2 Å².